The molecule has 3 aromatic rings. The van der Waals surface area contributed by atoms with E-state index in [0.29, 0.717) is 47.1 Å². The first-order chi connectivity index (χ1) is 13.3. The third-order valence-corrected chi connectivity index (χ3v) is 5.73. The van der Waals surface area contributed by atoms with Crippen LogP contribution < -0.4 is 5.73 Å². The molecular weight excluding hydrogens is 392 g/mol. The molecule has 4 rings (SSSR count). The molecule has 2 N–H and O–H groups in total. The van der Waals surface area contributed by atoms with Gasteiger partial charge in [-0.3, -0.25) is 4.79 Å². The lowest BCUT2D eigenvalue weighted by Gasteiger charge is -2.33. The summed E-state index contributed by atoms with van der Waals surface area (Å²) in [4.78, 5) is 19.9. The summed E-state index contributed by atoms with van der Waals surface area (Å²) in [6.45, 7) is 9.06. The van der Waals surface area contributed by atoms with Gasteiger partial charge in [0.05, 0.1) is 22.3 Å². The first-order valence-corrected chi connectivity index (χ1v) is 9.74. The van der Waals surface area contributed by atoms with Crippen molar-refractivity contribution >= 4 is 29.4 Å². The molecule has 0 radical (unpaired) electrons. The molecule has 1 fully saturated rings. The summed E-state index contributed by atoms with van der Waals surface area (Å²) in [5.41, 5.74) is 9.18. The lowest BCUT2D eigenvalue weighted by molar-refractivity contribution is 0.0683. The number of aromatic nitrogens is 2. The molecule has 1 amide bonds. The smallest absolute Gasteiger partial charge is 0.259 e. The third kappa shape index (κ3) is 3.89. The van der Waals surface area contributed by atoms with Crippen molar-refractivity contribution in [2.45, 2.75) is 46.6 Å². The fourth-order valence-electron chi connectivity index (χ4n) is 4.09. The Hall–Kier alpha value is -2.38. The summed E-state index contributed by atoms with van der Waals surface area (Å²) in [6.07, 6.45) is 1.85. The molecule has 1 aliphatic rings. The minimum atomic E-state index is -0.0130. The summed E-state index contributed by atoms with van der Waals surface area (Å²) >= 11 is 0. The topological polar surface area (TPSA) is 98.4 Å². The maximum Gasteiger partial charge on any atom is 0.259 e. The molecule has 1 unspecified atom stereocenters. The molecule has 0 bridgehead atoms. The van der Waals surface area contributed by atoms with Gasteiger partial charge < -0.3 is 19.6 Å². The number of carbonyl (C=O) groups is 1. The minimum absolute atomic E-state index is 0. The lowest BCUT2D eigenvalue weighted by atomic mass is 9.90. The minimum Gasteiger partial charge on any atom is -0.466 e. The largest absolute Gasteiger partial charge is 0.466 e. The Morgan fingerprint density at radius 1 is 1.24 bits per heavy atom. The Morgan fingerprint density at radius 3 is 2.52 bits per heavy atom. The van der Waals surface area contributed by atoms with Crippen LogP contribution in [-0.4, -0.2) is 40.1 Å². The summed E-state index contributed by atoms with van der Waals surface area (Å²) in [6, 6.07) is 3.92. The summed E-state index contributed by atoms with van der Waals surface area (Å²) in [7, 11) is 0. The van der Waals surface area contributed by atoms with Crippen LogP contribution in [0, 0.1) is 26.7 Å². The van der Waals surface area contributed by atoms with E-state index in [1.54, 1.807) is 0 Å². The maximum atomic E-state index is 13.4. The van der Waals surface area contributed by atoms with Crippen molar-refractivity contribution in [3.8, 4) is 11.3 Å². The van der Waals surface area contributed by atoms with Crippen LogP contribution in [0.1, 0.15) is 47.3 Å². The van der Waals surface area contributed by atoms with Gasteiger partial charge in [0.1, 0.15) is 11.5 Å². The van der Waals surface area contributed by atoms with Gasteiger partial charge in [-0.2, -0.15) is 0 Å². The number of piperidine rings is 1. The summed E-state index contributed by atoms with van der Waals surface area (Å²) in [5, 5.41) is 4.71. The number of likely N-dealkylation sites (tertiary alicyclic amines) is 1. The molecule has 1 saturated heterocycles. The van der Waals surface area contributed by atoms with Crippen molar-refractivity contribution in [2.24, 2.45) is 11.7 Å². The molecule has 29 heavy (non-hydrogen) atoms. The fraction of sp³-hybridized carbons (Fsp3) is 0.476. The average Bonchev–Trinajstić information content (AvgIpc) is 3.22. The van der Waals surface area contributed by atoms with Crippen LogP contribution in [0.5, 0.6) is 0 Å². The van der Waals surface area contributed by atoms with Gasteiger partial charge in [-0.05, 0) is 58.6 Å². The third-order valence-electron chi connectivity index (χ3n) is 5.73. The second-order valence-electron chi connectivity index (χ2n) is 7.82. The van der Waals surface area contributed by atoms with E-state index in [2.05, 4.69) is 10.1 Å². The number of aryl methyl sites for hydroxylation is 3. The van der Waals surface area contributed by atoms with Crippen LogP contribution in [0.15, 0.2) is 21.1 Å². The van der Waals surface area contributed by atoms with Crippen molar-refractivity contribution in [3.63, 3.8) is 0 Å². The standard InChI is InChI=1S/C21H26N4O3.ClH/c1-11-9-16(14(4)27-11)18-10-17(19-13(3)24-28-20(19)23-18)21(26)25-7-5-15(6-8-25)12(2)22;/h9-10,12,15H,5-8,22H2,1-4H3;1H. The molecule has 1 aliphatic heterocycles. The Labute approximate surface area is 176 Å². The predicted molar refractivity (Wildman–Crippen MR) is 113 cm³/mol. The van der Waals surface area contributed by atoms with E-state index in [1.165, 1.54) is 0 Å². The van der Waals surface area contributed by atoms with Crippen LogP contribution in [0.25, 0.3) is 22.4 Å². The average molecular weight is 419 g/mol. The Kier molecular flexibility index (Phi) is 6.00. The predicted octanol–water partition coefficient (Wildman–Crippen LogP) is 4.03. The van der Waals surface area contributed by atoms with Crippen molar-refractivity contribution < 1.29 is 13.7 Å². The van der Waals surface area contributed by atoms with Crippen LogP contribution in [0.4, 0.5) is 0 Å². The number of nitrogens with two attached hydrogens (primary N) is 1. The number of amides is 1. The van der Waals surface area contributed by atoms with Gasteiger partial charge in [-0.15, -0.1) is 12.4 Å². The van der Waals surface area contributed by atoms with Gasteiger partial charge >= 0.3 is 0 Å². The monoisotopic (exact) mass is 418 g/mol. The van der Waals surface area contributed by atoms with Crippen molar-refractivity contribution in [2.75, 3.05) is 13.1 Å². The Balaban J connectivity index is 0.00000240. The van der Waals surface area contributed by atoms with Crippen LogP contribution >= 0.6 is 12.4 Å². The van der Waals surface area contributed by atoms with Crippen molar-refractivity contribution in [1.29, 1.82) is 0 Å². The highest BCUT2D eigenvalue weighted by Gasteiger charge is 2.28. The van der Waals surface area contributed by atoms with E-state index in [1.807, 2.05) is 44.7 Å². The van der Waals surface area contributed by atoms with Gasteiger partial charge in [0, 0.05) is 24.7 Å². The molecule has 0 saturated carbocycles. The number of pyridine rings is 1. The zero-order valence-electron chi connectivity index (χ0n) is 17.2. The highest BCUT2D eigenvalue weighted by molar-refractivity contribution is 6.07. The number of nitrogens with zero attached hydrogens (tertiary/aromatic N) is 3. The zero-order valence-corrected chi connectivity index (χ0v) is 18.0. The van der Waals surface area contributed by atoms with Gasteiger partial charge in [0.2, 0.25) is 0 Å². The normalized spacial score (nSPS) is 16.1. The quantitative estimate of drug-likeness (QED) is 0.689. The lowest BCUT2D eigenvalue weighted by Crippen LogP contribution is -2.42. The second kappa shape index (κ2) is 8.16. The molecule has 8 heteroatoms. The number of furan rings is 1. The summed E-state index contributed by atoms with van der Waals surface area (Å²) in [5.74, 6) is 2.01. The molecule has 0 aliphatic carbocycles. The van der Waals surface area contributed by atoms with Crippen molar-refractivity contribution in [3.05, 3.63) is 34.9 Å². The zero-order chi connectivity index (χ0) is 20.0. The first-order valence-electron chi connectivity index (χ1n) is 9.74. The first kappa shape index (κ1) is 21.3. The second-order valence-corrected chi connectivity index (χ2v) is 7.82. The van der Waals surface area contributed by atoms with Gasteiger partial charge in [-0.1, -0.05) is 5.16 Å². The highest BCUT2D eigenvalue weighted by Crippen LogP contribution is 2.32. The highest BCUT2D eigenvalue weighted by atomic mass is 35.5. The molecule has 1 atom stereocenters. The van der Waals surface area contributed by atoms with Crippen LogP contribution in [0.3, 0.4) is 0 Å². The van der Waals surface area contributed by atoms with Crippen LogP contribution in [0.2, 0.25) is 0 Å². The van der Waals surface area contributed by atoms with Gasteiger partial charge in [0.15, 0.2) is 0 Å². The SMILES string of the molecule is Cc1cc(-c2cc(C(=O)N3CCC(C(C)N)CC3)c3c(C)noc3n2)c(C)o1.Cl. The molecule has 0 aromatic carbocycles. The Morgan fingerprint density at radius 2 is 1.93 bits per heavy atom. The van der Waals surface area contributed by atoms with Gasteiger partial charge in [0.25, 0.3) is 11.6 Å². The molecule has 7 nitrogen and oxygen atoms in total. The number of fused-ring (bicyclic) bond motifs is 1. The van der Waals surface area contributed by atoms with E-state index in [4.69, 9.17) is 14.7 Å². The molecular formula is C21H27ClN4O3. The van der Waals surface area contributed by atoms with E-state index >= 15 is 0 Å². The molecule has 156 valence electrons. The number of rotatable bonds is 3. The number of carbonyl (C=O) groups excluding carboxylic acids is 1. The van der Waals surface area contributed by atoms with E-state index in [9.17, 15) is 4.79 Å². The molecule has 3 aromatic heterocycles. The van der Waals surface area contributed by atoms with E-state index in [-0.39, 0.29) is 24.4 Å². The Bertz CT molecular complexity index is 1030. The van der Waals surface area contributed by atoms with E-state index in [0.717, 1.165) is 29.9 Å². The van der Waals surface area contributed by atoms with Gasteiger partial charge in [-0.25, -0.2) is 4.98 Å². The summed E-state index contributed by atoms with van der Waals surface area (Å²) < 4.78 is 11.0. The number of hydrogen-bond acceptors (Lipinski definition) is 6. The molecule has 0 spiro atoms. The number of hydrogen-bond donors (Lipinski definition) is 1. The van der Waals surface area contributed by atoms with Crippen molar-refractivity contribution in [1.82, 2.24) is 15.0 Å². The fourth-order valence-corrected chi connectivity index (χ4v) is 4.09. The van der Waals surface area contributed by atoms with Crippen LogP contribution in [-0.2, 0) is 0 Å². The van der Waals surface area contributed by atoms with E-state index < -0.39 is 0 Å². The maximum absolute atomic E-state index is 13.4. The molecule has 4 heterocycles. The number of halogens is 1.